The first kappa shape index (κ1) is 17.8. The number of nitrogens with two attached hydrogens (primary N) is 1. The number of hydrogen-bond donors (Lipinski definition) is 1. The van der Waals surface area contributed by atoms with E-state index in [9.17, 15) is 0 Å². The largest absolute Gasteiger partial charge is 0.383 e. The molecule has 0 aliphatic heterocycles. The maximum atomic E-state index is 5.63. The van der Waals surface area contributed by atoms with E-state index >= 15 is 0 Å². The number of rotatable bonds is 11. The number of hydrogen-bond acceptors (Lipinski definition) is 4. The van der Waals surface area contributed by atoms with Crippen LogP contribution in [-0.2, 0) is 4.74 Å². The minimum atomic E-state index is 0.501. The second kappa shape index (κ2) is 10.7. The van der Waals surface area contributed by atoms with Crippen LogP contribution in [0.3, 0.4) is 0 Å². The molecule has 0 aliphatic rings. The number of ether oxygens (including phenoxy) is 1. The third kappa shape index (κ3) is 8.86. The summed E-state index contributed by atoms with van der Waals surface area (Å²) in [4.78, 5) is 4.80. The molecule has 0 aromatic rings. The fourth-order valence-corrected chi connectivity index (χ4v) is 2.14. The van der Waals surface area contributed by atoms with E-state index in [-0.39, 0.29) is 0 Å². The molecular formula is C14H33N3O. The van der Waals surface area contributed by atoms with Crippen LogP contribution in [0.1, 0.15) is 26.7 Å². The average Bonchev–Trinajstić information content (AvgIpc) is 2.29. The fraction of sp³-hybridized carbons (Fsp3) is 1.00. The molecule has 0 heterocycles. The topological polar surface area (TPSA) is 41.7 Å². The molecule has 0 aromatic heterocycles. The SMILES string of the molecule is COCC(CCCN)N(CCN(C)C)CC(C)C. The summed E-state index contributed by atoms with van der Waals surface area (Å²) in [5.74, 6) is 0.685. The zero-order valence-corrected chi connectivity index (χ0v) is 13.0. The van der Waals surface area contributed by atoms with Gasteiger partial charge in [-0.15, -0.1) is 0 Å². The van der Waals surface area contributed by atoms with Crippen LogP contribution in [0.15, 0.2) is 0 Å². The van der Waals surface area contributed by atoms with Crippen LogP contribution in [0.4, 0.5) is 0 Å². The molecule has 0 fully saturated rings. The van der Waals surface area contributed by atoms with E-state index in [2.05, 4.69) is 37.7 Å². The van der Waals surface area contributed by atoms with Gasteiger partial charge in [0.15, 0.2) is 0 Å². The summed E-state index contributed by atoms with van der Waals surface area (Å²) >= 11 is 0. The molecule has 1 atom stereocenters. The Morgan fingerprint density at radius 3 is 2.28 bits per heavy atom. The van der Waals surface area contributed by atoms with Crippen LogP contribution < -0.4 is 5.73 Å². The zero-order chi connectivity index (χ0) is 14.0. The van der Waals surface area contributed by atoms with E-state index in [4.69, 9.17) is 10.5 Å². The zero-order valence-electron chi connectivity index (χ0n) is 13.0. The first-order valence-corrected chi connectivity index (χ1v) is 7.09. The summed E-state index contributed by atoms with van der Waals surface area (Å²) in [7, 11) is 6.03. The summed E-state index contributed by atoms with van der Waals surface area (Å²) in [5, 5.41) is 0. The van der Waals surface area contributed by atoms with Gasteiger partial charge in [0, 0.05) is 32.8 Å². The molecular weight excluding hydrogens is 226 g/mol. The highest BCUT2D eigenvalue weighted by Gasteiger charge is 2.18. The van der Waals surface area contributed by atoms with Crippen molar-refractivity contribution in [2.45, 2.75) is 32.7 Å². The van der Waals surface area contributed by atoms with Gasteiger partial charge in [-0.25, -0.2) is 0 Å². The highest BCUT2D eigenvalue weighted by Crippen LogP contribution is 2.10. The van der Waals surface area contributed by atoms with Gasteiger partial charge in [-0.3, -0.25) is 4.90 Å². The molecule has 4 nitrogen and oxygen atoms in total. The summed E-state index contributed by atoms with van der Waals surface area (Å²) in [5.41, 5.74) is 5.63. The molecule has 2 N–H and O–H groups in total. The first-order valence-electron chi connectivity index (χ1n) is 7.09. The smallest absolute Gasteiger partial charge is 0.0618 e. The van der Waals surface area contributed by atoms with Crippen LogP contribution in [-0.4, -0.2) is 69.8 Å². The van der Waals surface area contributed by atoms with Crippen molar-refractivity contribution in [1.29, 1.82) is 0 Å². The summed E-state index contributed by atoms with van der Waals surface area (Å²) in [6.07, 6.45) is 2.20. The highest BCUT2D eigenvalue weighted by atomic mass is 16.5. The van der Waals surface area contributed by atoms with Gasteiger partial charge in [0.25, 0.3) is 0 Å². The first-order chi connectivity index (χ1) is 8.51. The molecule has 18 heavy (non-hydrogen) atoms. The molecule has 0 amide bonds. The molecule has 110 valence electrons. The van der Waals surface area contributed by atoms with Gasteiger partial charge in [-0.1, -0.05) is 13.8 Å². The maximum Gasteiger partial charge on any atom is 0.0618 e. The molecule has 0 saturated heterocycles. The number of likely N-dealkylation sites (N-methyl/N-ethyl adjacent to an activating group) is 1. The van der Waals surface area contributed by atoms with E-state index in [0.717, 1.165) is 45.6 Å². The second-order valence-corrected chi connectivity index (χ2v) is 5.73. The molecule has 0 aromatic carbocycles. The van der Waals surface area contributed by atoms with Crippen molar-refractivity contribution in [1.82, 2.24) is 9.80 Å². The monoisotopic (exact) mass is 259 g/mol. The van der Waals surface area contributed by atoms with Crippen molar-refractivity contribution in [2.75, 3.05) is 54.0 Å². The van der Waals surface area contributed by atoms with Gasteiger partial charge in [-0.2, -0.15) is 0 Å². The van der Waals surface area contributed by atoms with Crippen LogP contribution >= 0.6 is 0 Å². The lowest BCUT2D eigenvalue weighted by atomic mass is 10.1. The Labute approximate surface area is 113 Å². The van der Waals surface area contributed by atoms with Crippen LogP contribution in [0.5, 0.6) is 0 Å². The lowest BCUT2D eigenvalue weighted by Gasteiger charge is -2.33. The maximum absolute atomic E-state index is 5.63. The van der Waals surface area contributed by atoms with Gasteiger partial charge < -0.3 is 15.4 Å². The molecule has 0 rings (SSSR count). The highest BCUT2D eigenvalue weighted by molar-refractivity contribution is 4.74. The van der Waals surface area contributed by atoms with Gasteiger partial charge >= 0.3 is 0 Å². The van der Waals surface area contributed by atoms with Gasteiger partial charge in [-0.05, 0) is 39.4 Å². The Morgan fingerprint density at radius 1 is 1.17 bits per heavy atom. The molecule has 0 bridgehead atoms. The van der Waals surface area contributed by atoms with Crippen molar-refractivity contribution >= 4 is 0 Å². The van der Waals surface area contributed by atoms with E-state index in [1.165, 1.54) is 0 Å². The summed E-state index contributed by atoms with van der Waals surface area (Å²) in [6, 6.07) is 0.501. The number of nitrogens with zero attached hydrogens (tertiary/aromatic N) is 2. The Morgan fingerprint density at radius 2 is 1.83 bits per heavy atom. The quantitative estimate of drug-likeness (QED) is 0.606. The minimum absolute atomic E-state index is 0.501. The van der Waals surface area contributed by atoms with Crippen molar-refractivity contribution in [3.63, 3.8) is 0 Å². The lowest BCUT2D eigenvalue weighted by molar-refractivity contribution is 0.0717. The van der Waals surface area contributed by atoms with E-state index in [0.29, 0.717) is 12.0 Å². The molecule has 0 saturated carbocycles. The fourth-order valence-electron chi connectivity index (χ4n) is 2.14. The Balaban J connectivity index is 4.41. The van der Waals surface area contributed by atoms with Gasteiger partial charge in [0.05, 0.1) is 6.61 Å². The van der Waals surface area contributed by atoms with Gasteiger partial charge in [0.1, 0.15) is 0 Å². The third-order valence-corrected chi connectivity index (χ3v) is 3.05. The molecule has 0 spiro atoms. The summed E-state index contributed by atoms with van der Waals surface area (Å²) < 4.78 is 5.37. The minimum Gasteiger partial charge on any atom is -0.383 e. The molecule has 0 aliphatic carbocycles. The predicted molar refractivity (Wildman–Crippen MR) is 78.9 cm³/mol. The van der Waals surface area contributed by atoms with Crippen LogP contribution in [0.2, 0.25) is 0 Å². The number of methoxy groups -OCH3 is 1. The van der Waals surface area contributed by atoms with Crippen LogP contribution in [0.25, 0.3) is 0 Å². The van der Waals surface area contributed by atoms with Crippen LogP contribution in [0, 0.1) is 5.92 Å². The standard InChI is InChI=1S/C14H33N3O/c1-13(2)11-17(10-9-16(3)4)14(12-18-5)7-6-8-15/h13-14H,6-12,15H2,1-5H3. The van der Waals surface area contributed by atoms with E-state index in [1.54, 1.807) is 7.11 Å². The Kier molecular flexibility index (Phi) is 10.6. The second-order valence-electron chi connectivity index (χ2n) is 5.73. The normalized spacial score (nSPS) is 13.8. The Bertz CT molecular complexity index is 186. The molecule has 4 heteroatoms. The summed E-state index contributed by atoms with van der Waals surface area (Å²) in [6.45, 7) is 9.44. The van der Waals surface area contributed by atoms with E-state index in [1.807, 2.05) is 0 Å². The average molecular weight is 259 g/mol. The predicted octanol–water partition coefficient (Wildman–Crippen LogP) is 1.26. The molecule has 1 unspecified atom stereocenters. The lowest BCUT2D eigenvalue weighted by Crippen LogP contribution is -2.44. The van der Waals surface area contributed by atoms with E-state index < -0.39 is 0 Å². The van der Waals surface area contributed by atoms with Crippen molar-refractivity contribution in [3.05, 3.63) is 0 Å². The van der Waals surface area contributed by atoms with Crippen molar-refractivity contribution in [2.24, 2.45) is 11.7 Å². The Hall–Kier alpha value is -0.160. The molecule has 0 radical (unpaired) electrons. The van der Waals surface area contributed by atoms with Crippen molar-refractivity contribution < 1.29 is 4.74 Å². The van der Waals surface area contributed by atoms with Crippen molar-refractivity contribution in [3.8, 4) is 0 Å². The third-order valence-electron chi connectivity index (χ3n) is 3.05. The van der Waals surface area contributed by atoms with Gasteiger partial charge in [0.2, 0.25) is 0 Å².